The van der Waals surface area contributed by atoms with Gasteiger partial charge in [0.2, 0.25) is 0 Å². The second-order valence-corrected chi connectivity index (χ2v) is 5.15. The highest BCUT2D eigenvalue weighted by atomic mass is 79.9. The number of anilines is 1. The fourth-order valence-corrected chi connectivity index (χ4v) is 2.46. The topological polar surface area (TPSA) is 47.6 Å². The van der Waals surface area contributed by atoms with Gasteiger partial charge in [-0.3, -0.25) is 4.79 Å². The molecule has 0 aromatic heterocycles. The number of carbonyl (C=O) groups excluding carboxylic acids is 1. The Morgan fingerprint density at radius 3 is 2.40 bits per heavy atom. The van der Waals surface area contributed by atoms with Gasteiger partial charge in [-0.05, 0) is 40.2 Å². The fourth-order valence-electron chi connectivity index (χ4n) is 1.96. The summed E-state index contributed by atoms with van der Waals surface area (Å²) < 4.78 is 11.6. The number of para-hydroxylation sites is 1. The molecule has 3 rings (SSSR count). The van der Waals surface area contributed by atoms with Gasteiger partial charge in [-0.15, -0.1) is 0 Å². The highest BCUT2D eigenvalue weighted by molar-refractivity contribution is 9.10. The molecule has 2 aromatic rings. The Morgan fingerprint density at radius 2 is 1.70 bits per heavy atom. The van der Waals surface area contributed by atoms with Crippen LogP contribution in [0.15, 0.2) is 46.9 Å². The predicted molar refractivity (Wildman–Crippen MR) is 79.5 cm³/mol. The summed E-state index contributed by atoms with van der Waals surface area (Å²) in [5.41, 5.74) is 1.26. The first-order valence-electron chi connectivity index (χ1n) is 6.19. The van der Waals surface area contributed by atoms with Crippen molar-refractivity contribution in [2.24, 2.45) is 0 Å². The highest BCUT2D eigenvalue weighted by Gasteiger charge is 2.18. The van der Waals surface area contributed by atoms with Crippen LogP contribution >= 0.6 is 15.9 Å². The van der Waals surface area contributed by atoms with Crippen molar-refractivity contribution in [3.05, 3.63) is 52.5 Å². The van der Waals surface area contributed by atoms with Crippen LogP contribution in [0.5, 0.6) is 11.5 Å². The lowest BCUT2D eigenvalue weighted by atomic mass is 10.1. The van der Waals surface area contributed by atoms with E-state index in [9.17, 15) is 4.79 Å². The predicted octanol–water partition coefficient (Wildman–Crippen LogP) is 3.47. The first kappa shape index (κ1) is 13.0. The molecule has 2 aromatic carbocycles. The van der Waals surface area contributed by atoms with Crippen molar-refractivity contribution in [3.63, 3.8) is 0 Å². The molecule has 0 unspecified atom stereocenters. The molecule has 1 amide bonds. The summed E-state index contributed by atoms with van der Waals surface area (Å²) in [7, 11) is 0. The Labute approximate surface area is 124 Å². The van der Waals surface area contributed by atoms with Gasteiger partial charge in [0.1, 0.15) is 13.2 Å². The number of rotatable bonds is 2. The number of hydrogen-bond acceptors (Lipinski definition) is 3. The van der Waals surface area contributed by atoms with E-state index in [0.717, 1.165) is 5.69 Å². The summed E-state index contributed by atoms with van der Waals surface area (Å²) in [6, 6.07) is 12.8. The number of nitrogens with one attached hydrogen (secondary N) is 1. The monoisotopic (exact) mass is 333 g/mol. The molecule has 1 aliphatic heterocycles. The molecule has 1 heterocycles. The lowest BCUT2D eigenvalue weighted by molar-refractivity contribution is 0.102. The van der Waals surface area contributed by atoms with Crippen LogP contribution in [0.4, 0.5) is 5.69 Å². The Morgan fingerprint density at radius 1 is 1.05 bits per heavy atom. The van der Waals surface area contributed by atoms with Crippen LogP contribution < -0.4 is 14.8 Å². The minimum atomic E-state index is -0.194. The van der Waals surface area contributed by atoms with Gasteiger partial charge in [-0.1, -0.05) is 18.2 Å². The third-order valence-corrected chi connectivity index (χ3v) is 3.56. The molecule has 102 valence electrons. The van der Waals surface area contributed by atoms with E-state index in [2.05, 4.69) is 21.2 Å². The van der Waals surface area contributed by atoms with Crippen LogP contribution in [-0.4, -0.2) is 19.1 Å². The summed E-state index contributed by atoms with van der Waals surface area (Å²) in [4.78, 5) is 12.3. The van der Waals surface area contributed by atoms with E-state index in [1.54, 1.807) is 12.1 Å². The second-order valence-electron chi connectivity index (χ2n) is 4.30. The van der Waals surface area contributed by atoms with Crippen LogP contribution in [0, 0.1) is 0 Å². The summed E-state index contributed by atoms with van der Waals surface area (Å²) >= 11 is 3.39. The normalized spacial score (nSPS) is 12.8. The molecule has 0 aliphatic carbocycles. The molecule has 0 atom stereocenters. The summed E-state index contributed by atoms with van der Waals surface area (Å²) in [6.45, 7) is 1.02. The average Bonchev–Trinajstić information content (AvgIpc) is 2.47. The molecular weight excluding hydrogens is 322 g/mol. The molecule has 0 saturated heterocycles. The Balaban J connectivity index is 1.88. The van der Waals surface area contributed by atoms with E-state index >= 15 is 0 Å². The molecule has 20 heavy (non-hydrogen) atoms. The van der Waals surface area contributed by atoms with Gasteiger partial charge < -0.3 is 14.8 Å². The lowest BCUT2D eigenvalue weighted by Gasteiger charge is -2.19. The number of ether oxygens (including phenoxy) is 2. The Bertz CT molecular complexity index is 643. The molecule has 4 nitrogen and oxygen atoms in total. The number of fused-ring (bicyclic) bond motifs is 1. The van der Waals surface area contributed by atoms with Crippen molar-refractivity contribution in [1.29, 1.82) is 0 Å². The van der Waals surface area contributed by atoms with Crippen molar-refractivity contribution in [1.82, 2.24) is 0 Å². The molecule has 0 radical (unpaired) electrons. The van der Waals surface area contributed by atoms with Gasteiger partial charge in [-0.25, -0.2) is 0 Å². The molecule has 0 fully saturated rings. The second kappa shape index (κ2) is 5.54. The van der Waals surface area contributed by atoms with Crippen molar-refractivity contribution >= 4 is 27.5 Å². The van der Waals surface area contributed by atoms with Gasteiger partial charge in [0.05, 0.1) is 5.56 Å². The maximum atomic E-state index is 12.3. The van der Waals surface area contributed by atoms with Crippen LogP contribution in [0.2, 0.25) is 0 Å². The minimum absolute atomic E-state index is 0.194. The van der Waals surface area contributed by atoms with Gasteiger partial charge in [0, 0.05) is 10.2 Å². The highest BCUT2D eigenvalue weighted by Crippen LogP contribution is 2.35. The Hall–Kier alpha value is -2.01. The van der Waals surface area contributed by atoms with E-state index < -0.39 is 0 Å². The number of halogens is 1. The van der Waals surface area contributed by atoms with E-state index in [1.165, 1.54) is 0 Å². The summed E-state index contributed by atoms with van der Waals surface area (Å²) in [5.74, 6) is 1.05. The summed E-state index contributed by atoms with van der Waals surface area (Å²) in [5, 5.41) is 2.84. The molecule has 0 bridgehead atoms. The van der Waals surface area contributed by atoms with Gasteiger partial charge in [0.15, 0.2) is 11.5 Å². The number of carbonyl (C=O) groups is 1. The van der Waals surface area contributed by atoms with E-state index in [0.29, 0.717) is 34.7 Å². The van der Waals surface area contributed by atoms with Crippen LogP contribution in [0.25, 0.3) is 0 Å². The quantitative estimate of drug-likeness (QED) is 0.915. The molecule has 1 N–H and O–H groups in total. The minimum Gasteiger partial charge on any atom is -0.486 e. The zero-order valence-corrected chi connectivity index (χ0v) is 12.1. The largest absolute Gasteiger partial charge is 0.486 e. The molecule has 5 heteroatoms. The first-order valence-corrected chi connectivity index (χ1v) is 6.99. The van der Waals surface area contributed by atoms with Crippen molar-refractivity contribution in [2.45, 2.75) is 0 Å². The smallest absolute Gasteiger partial charge is 0.256 e. The van der Waals surface area contributed by atoms with Crippen molar-refractivity contribution in [3.8, 4) is 11.5 Å². The number of amides is 1. The third kappa shape index (κ3) is 2.63. The SMILES string of the molecule is O=C(Nc1ccccc1)c1cc2c(cc1Br)OCCO2. The zero-order chi connectivity index (χ0) is 13.9. The number of benzene rings is 2. The van der Waals surface area contributed by atoms with Crippen molar-refractivity contribution in [2.75, 3.05) is 18.5 Å². The standard InChI is InChI=1S/C15H12BrNO3/c16-12-9-14-13(19-6-7-20-14)8-11(12)15(18)17-10-4-2-1-3-5-10/h1-5,8-9H,6-7H2,(H,17,18). The first-order chi connectivity index (χ1) is 9.74. The average molecular weight is 334 g/mol. The molecule has 0 spiro atoms. The maximum Gasteiger partial charge on any atom is 0.256 e. The van der Waals surface area contributed by atoms with E-state index in [-0.39, 0.29) is 5.91 Å². The lowest BCUT2D eigenvalue weighted by Crippen LogP contribution is -2.17. The van der Waals surface area contributed by atoms with Gasteiger partial charge >= 0.3 is 0 Å². The molecular formula is C15H12BrNO3. The van der Waals surface area contributed by atoms with Crippen LogP contribution in [-0.2, 0) is 0 Å². The molecule has 1 aliphatic rings. The van der Waals surface area contributed by atoms with E-state index in [4.69, 9.17) is 9.47 Å². The van der Waals surface area contributed by atoms with Gasteiger partial charge in [-0.2, -0.15) is 0 Å². The van der Waals surface area contributed by atoms with E-state index in [1.807, 2.05) is 30.3 Å². The van der Waals surface area contributed by atoms with Crippen LogP contribution in [0.1, 0.15) is 10.4 Å². The van der Waals surface area contributed by atoms with Crippen LogP contribution in [0.3, 0.4) is 0 Å². The third-order valence-electron chi connectivity index (χ3n) is 2.91. The zero-order valence-electron chi connectivity index (χ0n) is 10.6. The fraction of sp³-hybridized carbons (Fsp3) is 0.133. The number of hydrogen-bond donors (Lipinski definition) is 1. The Kier molecular flexibility index (Phi) is 3.60. The van der Waals surface area contributed by atoms with Crippen molar-refractivity contribution < 1.29 is 14.3 Å². The molecule has 0 saturated carbocycles. The maximum absolute atomic E-state index is 12.3. The van der Waals surface area contributed by atoms with Gasteiger partial charge in [0.25, 0.3) is 5.91 Å². The summed E-state index contributed by atoms with van der Waals surface area (Å²) in [6.07, 6.45) is 0.